The van der Waals surface area contributed by atoms with Gasteiger partial charge < -0.3 is 54.7 Å². The molecule has 206 valence electrons. The molecule has 0 spiro atoms. The minimum absolute atomic E-state index is 0.0528. The van der Waals surface area contributed by atoms with E-state index in [1.165, 1.54) is 32.2 Å². The number of aliphatic hydroxyl groups is 7. The van der Waals surface area contributed by atoms with E-state index in [2.05, 4.69) is 0 Å². The second-order valence-electron chi connectivity index (χ2n) is 8.92. The summed E-state index contributed by atoms with van der Waals surface area (Å²) in [6, 6.07) is 9.65. The zero-order chi connectivity index (χ0) is 27.1. The van der Waals surface area contributed by atoms with E-state index in [1.807, 2.05) is 0 Å². The molecule has 1 saturated heterocycles. The Hall–Kier alpha value is -2.48. The lowest BCUT2D eigenvalue weighted by Crippen LogP contribution is -2.58. The van der Waals surface area contributed by atoms with E-state index in [1.54, 1.807) is 18.2 Å². The molecule has 37 heavy (non-hydrogen) atoms. The molecule has 11 heteroatoms. The van der Waals surface area contributed by atoms with Gasteiger partial charge in [0.05, 0.1) is 26.4 Å². The Morgan fingerprint density at radius 3 is 2.30 bits per heavy atom. The van der Waals surface area contributed by atoms with Crippen molar-refractivity contribution in [1.29, 1.82) is 0 Å². The standard InChI is InChI=1S/C26H36O11/c1-14-22(30)24(32)25(33)26(35-14)37-19-8-6-16(11-20(19)34-2)23(31)21(13-29)36-18-7-5-15(4-3-9-27)10-17(18)12-28/h5-8,10-11,14,21-33H,3-4,9,12-13H2,1-2H3. The summed E-state index contributed by atoms with van der Waals surface area (Å²) in [6.07, 6.45) is -7.46. The molecule has 0 saturated carbocycles. The second kappa shape index (κ2) is 13.4. The van der Waals surface area contributed by atoms with Crippen LogP contribution in [0.15, 0.2) is 36.4 Å². The van der Waals surface area contributed by atoms with E-state index in [0.29, 0.717) is 29.7 Å². The van der Waals surface area contributed by atoms with Crippen LogP contribution in [0.5, 0.6) is 17.2 Å². The van der Waals surface area contributed by atoms with E-state index >= 15 is 0 Å². The number of aryl methyl sites for hydroxylation is 1. The predicted octanol–water partition coefficient (Wildman–Crippen LogP) is -0.208. The van der Waals surface area contributed by atoms with Gasteiger partial charge >= 0.3 is 0 Å². The molecule has 7 N–H and O–H groups in total. The number of rotatable bonds is 12. The molecule has 7 unspecified atom stereocenters. The van der Waals surface area contributed by atoms with Crippen molar-refractivity contribution in [3.05, 3.63) is 53.1 Å². The van der Waals surface area contributed by atoms with Gasteiger partial charge in [-0.15, -0.1) is 0 Å². The van der Waals surface area contributed by atoms with Crippen LogP contribution in [0.3, 0.4) is 0 Å². The van der Waals surface area contributed by atoms with Crippen LogP contribution < -0.4 is 14.2 Å². The first-order chi connectivity index (χ1) is 17.7. The normalized spacial score (nSPS) is 25.4. The number of hydrogen-bond donors (Lipinski definition) is 7. The summed E-state index contributed by atoms with van der Waals surface area (Å²) >= 11 is 0. The third-order valence-corrected chi connectivity index (χ3v) is 6.31. The van der Waals surface area contributed by atoms with Crippen LogP contribution in [0.1, 0.15) is 36.1 Å². The Morgan fingerprint density at radius 2 is 1.65 bits per heavy atom. The molecular weight excluding hydrogens is 488 g/mol. The second-order valence-corrected chi connectivity index (χ2v) is 8.92. The van der Waals surface area contributed by atoms with Crippen LogP contribution in [0, 0.1) is 0 Å². The molecule has 0 aromatic heterocycles. The molecule has 2 aromatic carbocycles. The largest absolute Gasteiger partial charge is 0.493 e. The van der Waals surface area contributed by atoms with Gasteiger partial charge in [0.2, 0.25) is 6.29 Å². The van der Waals surface area contributed by atoms with Crippen LogP contribution in [-0.2, 0) is 17.8 Å². The fourth-order valence-electron chi connectivity index (χ4n) is 4.09. The monoisotopic (exact) mass is 524 g/mol. The molecule has 1 fully saturated rings. The van der Waals surface area contributed by atoms with E-state index in [-0.39, 0.29) is 24.7 Å². The maximum absolute atomic E-state index is 11.0. The molecule has 0 aliphatic carbocycles. The van der Waals surface area contributed by atoms with Crippen LogP contribution in [-0.4, -0.2) is 92.9 Å². The number of benzene rings is 2. The van der Waals surface area contributed by atoms with Crippen molar-refractivity contribution in [2.24, 2.45) is 0 Å². The van der Waals surface area contributed by atoms with Gasteiger partial charge in [-0.2, -0.15) is 0 Å². The van der Waals surface area contributed by atoms with Crippen LogP contribution in [0.25, 0.3) is 0 Å². The van der Waals surface area contributed by atoms with Crippen molar-refractivity contribution in [3.63, 3.8) is 0 Å². The van der Waals surface area contributed by atoms with Crippen molar-refractivity contribution < 1.29 is 54.7 Å². The van der Waals surface area contributed by atoms with Crippen LogP contribution in [0.4, 0.5) is 0 Å². The lowest BCUT2D eigenvalue weighted by Gasteiger charge is -2.39. The summed E-state index contributed by atoms with van der Waals surface area (Å²) in [5, 5.41) is 69.8. The maximum atomic E-state index is 11.0. The van der Waals surface area contributed by atoms with Gasteiger partial charge in [-0.05, 0) is 55.2 Å². The summed E-state index contributed by atoms with van der Waals surface area (Å²) < 4.78 is 22.4. The highest BCUT2D eigenvalue weighted by Gasteiger charge is 2.43. The minimum Gasteiger partial charge on any atom is -0.493 e. The predicted molar refractivity (Wildman–Crippen MR) is 130 cm³/mol. The van der Waals surface area contributed by atoms with E-state index in [0.717, 1.165) is 5.56 Å². The Labute approximate surface area is 215 Å². The third-order valence-electron chi connectivity index (χ3n) is 6.31. The van der Waals surface area contributed by atoms with Gasteiger partial charge in [0, 0.05) is 12.2 Å². The lowest BCUT2D eigenvalue weighted by atomic mass is 10.00. The molecule has 7 atom stereocenters. The zero-order valence-electron chi connectivity index (χ0n) is 20.8. The molecule has 1 aliphatic rings. The van der Waals surface area contributed by atoms with Crippen molar-refractivity contribution in [2.75, 3.05) is 20.3 Å². The molecule has 0 bridgehead atoms. The van der Waals surface area contributed by atoms with E-state index in [4.69, 9.17) is 24.1 Å². The highest BCUT2D eigenvalue weighted by molar-refractivity contribution is 5.44. The number of hydrogen-bond acceptors (Lipinski definition) is 11. The van der Waals surface area contributed by atoms with E-state index in [9.17, 15) is 30.6 Å². The van der Waals surface area contributed by atoms with Gasteiger partial charge in [0.15, 0.2) is 17.6 Å². The highest BCUT2D eigenvalue weighted by Crippen LogP contribution is 2.35. The van der Waals surface area contributed by atoms with Gasteiger partial charge in [0.25, 0.3) is 0 Å². The maximum Gasteiger partial charge on any atom is 0.229 e. The van der Waals surface area contributed by atoms with Crippen LogP contribution >= 0.6 is 0 Å². The fraction of sp³-hybridized carbons (Fsp3) is 0.538. The number of methoxy groups -OCH3 is 1. The first kappa shape index (κ1) is 29.1. The fourth-order valence-corrected chi connectivity index (χ4v) is 4.09. The van der Waals surface area contributed by atoms with Crippen LogP contribution in [0.2, 0.25) is 0 Å². The van der Waals surface area contributed by atoms with Crippen molar-refractivity contribution in [1.82, 2.24) is 0 Å². The molecule has 1 heterocycles. The Morgan fingerprint density at radius 1 is 0.919 bits per heavy atom. The summed E-state index contributed by atoms with van der Waals surface area (Å²) in [7, 11) is 1.38. The summed E-state index contributed by atoms with van der Waals surface area (Å²) in [4.78, 5) is 0. The van der Waals surface area contributed by atoms with Gasteiger partial charge in [-0.3, -0.25) is 0 Å². The molecule has 3 rings (SSSR count). The molecular formula is C26H36O11. The van der Waals surface area contributed by atoms with E-state index < -0.39 is 49.5 Å². The summed E-state index contributed by atoms with van der Waals surface area (Å²) in [6.45, 7) is 0.749. The first-order valence-corrected chi connectivity index (χ1v) is 12.1. The average molecular weight is 525 g/mol. The molecule has 11 nitrogen and oxygen atoms in total. The number of ether oxygens (including phenoxy) is 4. The zero-order valence-corrected chi connectivity index (χ0v) is 20.8. The minimum atomic E-state index is -1.51. The highest BCUT2D eigenvalue weighted by atomic mass is 16.7. The lowest BCUT2D eigenvalue weighted by molar-refractivity contribution is -0.268. The topological polar surface area (TPSA) is 179 Å². The van der Waals surface area contributed by atoms with Gasteiger partial charge in [-0.25, -0.2) is 0 Å². The van der Waals surface area contributed by atoms with Gasteiger partial charge in [0.1, 0.15) is 30.2 Å². The SMILES string of the molecule is COc1cc(C(O)C(CO)Oc2ccc(CCCO)cc2CO)ccc1OC1OC(C)C(O)C(O)C1O. The third kappa shape index (κ3) is 6.89. The van der Waals surface area contributed by atoms with Crippen molar-refractivity contribution in [2.45, 2.75) is 69.3 Å². The molecule has 0 radical (unpaired) electrons. The number of aliphatic hydroxyl groups excluding tert-OH is 7. The molecule has 0 amide bonds. The summed E-state index contributed by atoms with van der Waals surface area (Å²) in [5.74, 6) is 0.640. The van der Waals surface area contributed by atoms with Crippen molar-refractivity contribution in [3.8, 4) is 17.2 Å². The smallest absolute Gasteiger partial charge is 0.229 e. The summed E-state index contributed by atoms with van der Waals surface area (Å²) in [5.41, 5.74) is 1.73. The Balaban J connectivity index is 1.76. The average Bonchev–Trinajstić information content (AvgIpc) is 2.92. The Bertz CT molecular complexity index is 1000. The Kier molecular flexibility index (Phi) is 10.5. The van der Waals surface area contributed by atoms with Crippen molar-refractivity contribution >= 4 is 0 Å². The molecule has 1 aliphatic heterocycles. The van der Waals surface area contributed by atoms with Gasteiger partial charge in [-0.1, -0.05) is 12.1 Å². The first-order valence-electron chi connectivity index (χ1n) is 12.1. The molecule has 2 aromatic rings. The quantitative estimate of drug-likeness (QED) is 0.195.